The van der Waals surface area contributed by atoms with E-state index in [1.54, 1.807) is 26.8 Å². The Kier molecular flexibility index (Phi) is 2.65. The van der Waals surface area contributed by atoms with E-state index in [0.29, 0.717) is 5.56 Å². The molecular weight excluding hydrogens is 234 g/mol. The van der Waals surface area contributed by atoms with Gasteiger partial charge in [0.05, 0.1) is 5.56 Å². The third kappa shape index (κ3) is 1.85. The van der Waals surface area contributed by atoms with Crippen molar-refractivity contribution in [3.8, 4) is 0 Å². The van der Waals surface area contributed by atoms with Crippen molar-refractivity contribution in [1.29, 1.82) is 0 Å². The minimum Gasteiger partial charge on any atom is -0.478 e. The van der Waals surface area contributed by atoms with Crippen molar-refractivity contribution in [1.82, 2.24) is 10.3 Å². The van der Waals surface area contributed by atoms with Gasteiger partial charge in [0.1, 0.15) is 11.2 Å². The van der Waals surface area contributed by atoms with E-state index in [-0.39, 0.29) is 23.0 Å². The molecule has 0 spiro atoms. The van der Waals surface area contributed by atoms with E-state index in [9.17, 15) is 14.7 Å². The van der Waals surface area contributed by atoms with E-state index in [1.807, 2.05) is 0 Å². The highest BCUT2D eigenvalue weighted by Gasteiger charge is 2.36. The number of hydrogen-bond donors (Lipinski definition) is 2. The fourth-order valence-corrected chi connectivity index (χ4v) is 1.74. The summed E-state index contributed by atoms with van der Waals surface area (Å²) in [5.74, 6) is -1.14. The molecule has 6 heteroatoms. The summed E-state index contributed by atoms with van der Waals surface area (Å²) in [5.41, 5.74) is -0.0545. The average molecular weight is 247 g/mol. The molecule has 0 saturated carbocycles. The summed E-state index contributed by atoms with van der Waals surface area (Å²) in [6, 6.07) is 1.61. The number of carboxylic acid groups (broad SMARTS) is 1. The average Bonchev–Trinajstić information content (AvgIpc) is 2.52. The van der Waals surface area contributed by atoms with Gasteiger partial charge in [-0.3, -0.25) is 14.8 Å². The van der Waals surface area contributed by atoms with Gasteiger partial charge in [-0.05, 0) is 32.4 Å². The molecule has 0 fully saturated rings. The number of nitrogens with one attached hydrogen (secondary N) is 1. The molecule has 1 aromatic rings. The molecule has 0 atom stereocenters. The number of aromatic nitrogens is 1. The highest BCUT2D eigenvalue weighted by atomic mass is 16.4. The molecule has 0 aromatic carbocycles. The summed E-state index contributed by atoms with van der Waals surface area (Å²) in [4.78, 5) is 31.1. The fraction of sp³-hybridized carbons (Fsp3) is 0.333. The van der Waals surface area contributed by atoms with Crippen molar-refractivity contribution in [3.05, 3.63) is 29.1 Å². The maximum absolute atomic E-state index is 11.6. The van der Waals surface area contributed by atoms with E-state index in [1.165, 1.54) is 6.20 Å². The predicted octanol–water partition coefficient (Wildman–Crippen LogP) is 0.743. The molecule has 1 aromatic heterocycles. The lowest BCUT2D eigenvalue weighted by molar-refractivity contribution is -0.122. The van der Waals surface area contributed by atoms with Crippen LogP contribution in [-0.4, -0.2) is 33.3 Å². The summed E-state index contributed by atoms with van der Waals surface area (Å²) in [6.07, 6.45) is 1.50. The number of nitrogens with zero attached hydrogens (tertiary/aromatic N) is 2. The van der Waals surface area contributed by atoms with Crippen LogP contribution in [0, 0.1) is 6.92 Å². The number of carbonyl (C=O) groups excluding carboxylic acids is 1. The molecule has 18 heavy (non-hydrogen) atoms. The van der Waals surface area contributed by atoms with Gasteiger partial charge in [0.25, 0.3) is 5.91 Å². The van der Waals surface area contributed by atoms with Crippen LogP contribution in [0.4, 0.5) is 0 Å². The van der Waals surface area contributed by atoms with Crippen LogP contribution in [-0.2, 0) is 4.79 Å². The molecular formula is C12H13N3O3. The van der Waals surface area contributed by atoms with Crippen molar-refractivity contribution >= 4 is 17.7 Å². The highest BCUT2D eigenvalue weighted by molar-refractivity contribution is 6.17. The Morgan fingerprint density at radius 3 is 2.61 bits per heavy atom. The lowest BCUT2D eigenvalue weighted by Crippen LogP contribution is -2.35. The minimum absolute atomic E-state index is 0.0641. The van der Waals surface area contributed by atoms with Gasteiger partial charge in [0.15, 0.2) is 5.84 Å². The second kappa shape index (κ2) is 3.90. The molecule has 0 radical (unpaired) electrons. The number of amides is 1. The quantitative estimate of drug-likeness (QED) is 0.806. The Labute approximate surface area is 104 Å². The fourth-order valence-electron chi connectivity index (χ4n) is 1.74. The van der Waals surface area contributed by atoms with Gasteiger partial charge in [0, 0.05) is 6.20 Å². The Bertz CT molecular complexity index is 576. The van der Waals surface area contributed by atoms with E-state index in [4.69, 9.17) is 0 Å². The molecule has 2 heterocycles. The van der Waals surface area contributed by atoms with Gasteiger partial charge in [-0.15, -0.1) is 0 Å². The Hall–Kier alpha value is -2.24. The number of aromatic carboxylic acids is 1. The van der Waals surface area contributed by atoms with Gasteiger partial charge in [0.2, 0.25) is 0 Å². The smallest absolute Gasteiger partial charge is 0.338 e. The largest absolute Gasteiger partial charge is 0.478 e. The van der Waals surface area contributed by atoms with Crippen molar-refractivity contribution in [2.75, 3.05) is 0 Å². The van der Waals surface area contributed by atoms with Crippen LogP contribution >= 0.6 is 0 Å². The van der Waals surface area contributed by atoms with Crippen molar-refractivity contribution < 1.29 is 14.7 Å². The van der Waals surface area contributed by atoms with Gasteiger partial charge < -0.3 is 10.4 Å². The lowest BCUT2D eigenvalue weighted by atomic mass is 10.1. The van der Waals surface area contributed by atoms with E-state index >= 15 is 0 Å². The van der Waals surface area contributed by atoms with Crippen molar-refractivity contribution in [3.63, 3.8) is 0 Å². The van der Waals surface area contributed by atoms with Crippen LogP contribution < -0.4 is 5.32 Å². The van der Waals surface area contributed by atoms with E-state index in [2.05, 4.69) is 15.3 Å². The lowest BCUT2D eigenvalue weighted by Gasteiger charge is -2.07. The Morgan fingerprint density at radius 2 is 2.11 bits per heavy atom. The summed E-state index contributed by atoms with van der Waals surface area (Å²) in [5, 5.41) is 11.8. The first kappa shape index (κ1) is 12.2. The van der Waals surface area contributed by atoms with E-state index in [0.717, 1.165) is 0 Å². The maximum atomic E-state index is 11.6. The molecule has 0 bridgehead atoms. The van der Waals surface area contributed by atoms with Crippen LogP contribution in [0.15, 0.2) is 17.3 Å². The standard InChI is InChI=1S/C12H13N3O3/c1-6-4-5-13-8(7(6)10(16)17)9-14-11(18)12(2,3)15-9/h4-5H,1-3H3,(H,16,17)(H,14,15,18). The van der Waals surface area contributed by atoms with Gasteiger partial charge in [-0.25, -0.2) is 4.79 Å². The van der Waals surface area contributed by atoms with Crippen LogP contribution in [0.25, 0.3) is 0 Å². The maximum Gasteiger partial charge on any atom is 0.338 e. The Balaban J connectivity index is 2.58. The SMILES string of the molecule is Cc1ccnc(C2=NC(C)(C)C(=O)N2)c1C(=O)O. The molecule has 2 N–H and O–H groups in total. The van der Waals surface area contributed by atoms with Crippen LogP contribution in [0.2, 0.25) is 0 Å². The second-order valence-electron chi connectivity index (χ2n) is 4.63. The number of carboxylic acids is 1. The van der Waals surface area contributed by atoms with Crippen LogP contribution in [0.5, 0.6) is 0 Å². The molecule has 0 unspecified atom stereocenters. The van der Waals surface area contributed by atoms with Crippen LogP contribution in [0.1, 0.15) is 35.5 Å². The summed E-state index contributed by atoms with van der Waals surface area (Å²) >= 11 is 0. The molecule has 94 valence electrons. The molecule has 2 rings (SSSR count). The monoisotopic (exact) mass is 247 g/mol. The zero-order chi connectivity index (χ0) is 13.5. The first-order valence-electron chi connectivity index (χ1n) is 5.43. The van der Waals surface area contributed by atoms with Crippen molar-refractivity contribution in [2.45, 2.75) is 26.3 Å². The molecule has 0 saturated heterocycles. The number of amidine groups is 1. The predicted molar refractivity (Wildman–Crippen MR) is 64.7 cm³/mol. The second-order valence-corrected chi connectivity index (χ2v) is 4.63. The number of carbonyl (C=O) groups is 2. The van der Waals surface area contributed by atoms with Gasteiger partial charge in [-0.2, -0.15) is 0 Å². The number of pyridine rings is 1. The van der Waals surface area contributed by atoms with Gasteiger partial charge in [-0.1, -0.05) is 0 Å². The minimum atomic E-state index is -1.09. The normalized spacial score (nSPS) is 17.3. The zero-order valence-electron chi connectivity index (χ0n) is 10.3. The third-order valence-electron chi connectivity index (χ3n) is 2.78. The molecule has 1 aliphatic heterocycles. The zero-order valence-corrected chi connectivity index (χ0v) is 10.3. The summed E-state index contributed by atoms with van der Waals surface area (Å²) < 4.78 is 0. The van der Waals surface area contributed by atoms with Crippen molar-refractivity contribution in [2.24, 2.45) is 4.99 Å². The number of aryl methyl sites for hydroxylation is 1. The first-order chi connectivity index (χ1) is 8.33. The van der Waals surface area contributed by atoms with E-state index < -0.39 is 11.5 Å². The molecule has 1 aliphatic rings. The number of aliphatic imine (C=N–C) groups is 1. The molecule has 1 amide bonds. The number of rotatable bonds is 2. The third-order valence-corrected chi connectivity index (χ3v) is 2.78. The molecule has 6 nitrogen and oxygen atoms in total. The van der Waals surface area contributed by atoms with Crippen LogP contribution in [0.3, 0.4) is 0 Å². The first-order valence-corrected chi connectivity index (χ1v) is 5.43. The topological polar surface area (TPSA) is 91.7 Å². The Morgan fingerprint density at radius 1 is 1.44 bits per heavy atom. The summed E-state index contributed by atoms with van der Waals surface area (Å²) in [7, 11) is 0. The highest BCUT2D eigenvalue weighted by Crippen LogP contribution is 2.20. The summed E-state index contributed by atoms with van der Waals surface area (Å²) in [6.45, 7) is 4.99. The molecule has 0 aliphatic carbocycles. The van der Waals surface area contributed by atoms with Gasteiger partial charge >= 0.3 is 5.97 Å². The number of hydrogen-bond acceptors (Lipinski definition) is 4.